The summed E-state index contributed by atoms with van der Waals surface area (Å²) < 4.78 is 41.4. The van der Waals surface area contributed by atoms with Crippen LogP contribution in [0.4, 0.5) is 10.2 Å². The fraction of sp³-hybridized carbons (Fsp3) is 0.292. The van der Waals surface area contributed by atoms with Gasteiger partial charge in [0.15, 0.2) is 4.90 Å². The van der Waals surface area contributed by atoms with E-state index in [4.69, 9.17) is 0 Å². The van der Waals surface area contributed by atoms with Crippen LogP contribution in [0.25, 0.3) is 11.3 Å². The van der Waals surface area contributed by atoms with Crippen LogP contribution in [0.2, 0.25) is 0 Å². The molecule has 9 nitrogen and oxygen atoms in total. The number of hydrogen-bond donors (Lipinski definition) is 3. The van der Waals surface area contributed by atoms with Gasteiger partial charge in [-0.2, -0.15) is 0 Å². The van der Waals surface area contributed by atoms with E-state index < -0.39 is 37.7 Å². The van der Waals surface area contributed by atoms with Crippen molar-refractivity contribution in [2.45, 2.75) is 37.6 Å². The second-order valence-electron chi connectivity index (χ2n) is 9.26. The van der Waals surface area contributed by atoms with Crippen LogP contribution in [-0.2, 0) is 10.0 Å². The Morgan fingerprint density at radius 3 is 2.66 bits per heavy atom. The number of benzene rings is 1. The average Bonchev–Trinajstić information content (AvgIpc) is 3.06. The van der Waals surface area contributed by atoms with Gasteiger partial charge in [-0.15, -0.1) is 0 Å². The summed E-state index contributed by atoms with van der Waals surface area (Å²) in [6.07, 6.45) is 2.07. The zero-order valence-corrected chi connectivity index (χ0v) is 20.2. The topological polar surface area (TPSA) is 132 Å². The summed E-state index contributed by atoms with van der Waals surface area (Å²) in [5.41, 5.74) is -0.974. The van der Waals surface area contributed by atoms with E-state index in [2.05, 4.69) is 16.9 Å². The van der Waals surface area contributed by atoms with Crippen molar-refractivity contribution in [3.05, 3.63) is 70.4 Å². The number of nitrogens with zero attached hydrogens (tertiary/aromatic N) is 2. The third kappa shape index (κ3) is 4.76. The Balaban J connectivity index is 1.82. The Morgan fingerprint density at radius 1 is 1.26 bits per heavy atom. The van der Waals surface area contributed by atoms with Crippen LogP contribution in [0, 0.1) is 11.7 Å². The zero-order chi connectivity index (χ0) is 25.5. The Hall–Kier alpha value is -3.73. The highest BCUT2D eigenvalue weighted by Gasteiger charge is 2.39. The van der Waals surface area contributed by atoms with Crippen molar-refractivity contribution >= 4 is 21.7 Å². The predicted molar refractivity (Wildman–Crippen MR) is 128 cm³/mol. The number of aromatic nitrogens is 2. The Kier molecular flexibility index (Phi) is 6.14. The summed E-state index contributed by atoms with van der Waals surface area (Å²) in [5, 5.41) is 10.3. The van der Waals surface area contributed by atoms with Gasteiger partial charge >= 0.3 is 0 Å². The van der Waals surface area contributed by atoms with E-state index in [1.807, 2.05) is 23.5 Å². The van der Waals surface area contributed by atoms with Gasteiger partial charge in [-0.3, -0.25) is 9.59 Å². The maximum absolute atomic E-state index is 13.9. The van der Waals surface area contributed by atoms with Gasteiger partial charge in [0, 0.05) is 23.8 Å². The number of halogens is 1. The molecule has 11 heteroatoms. The first-order valence-electron chi connectivity index (χ1n) is 10.9. The standard InChI is InChI=1S/C24H25FN4O5S/c1-14-12-24(2,3)29(13-14)21-16(7-8-18(27-21)17-11-15(25)6-9-19(17)30)22(31)28-35(33,34)20-5-4-10-26-23(20)32/h4-11,14,30H,12-13H2,1-3H3,(H,26,32)(H,28,31)/t14-/m0/s1. The van der Waals surface area contributed by atoms with Crippen molar-refractivity contribution in [2.24, 2.45) is 5.92 Å². The number of rotatable bonds is 5. The number of carbonyl (C=O) groups is 1. The second kappa shape index (κ2) is 8.81. The molecule has 0 radical (unpaired) electrons. The number of carbonyl (C=O) groups excluding carboxylic acids is 1. The highest BCUT2D eigenvalue weighted by Crippen LogP contribution is 2.39. The molecule has 1 fully saturated rings. The van der Waals surface area contributed by atoms with Gasteiger partial charge in [0.1, 0.15) is 17.4 Å². The number of H-pyrrole nitrogens is 1. The van der Waals surface area contributed by atoms with Crippen LogP contribution in [-0.4, -0.2) is 41.5 Å². The van der Waals surface area contributed by atoms with E-state index >= 15 is 0 Å². The Labute approximate surface area is 201 Å². The van der Waals surface area contributed by atoms with Gasteiger partial charge < -0.3 is 15.0 Å². The summed E-state index contributed by atoms with van der Waals surface area (Å²) >= 11 is 0. The molecule has 3 heterocycles. The summed E-state index contributed by atoms with van der Waals surface area (Å²) in [4.78, 5) is 33.3. The fourth-order valence-corrected chi connectivity index (χ4v) is 5.53. The normalized spacial score (nSPS) is 17.4. The molecule has 2 aromatic heterocycles. The van der Waals surface area contributed by atoms with Crippen molar-refractivity contribution < 1.29 is 22.7 Å². The van der Waals surface area contributed by atoms with Gasteiger partial charge in [0.05, 0.1) is 11.3 Å². The van der Waals surface area contributed by atoms with Gasteiger partial charge in [-0.25, -0.2) is 22.5 Å². The number of phenols is 1. The highest BCUT2D eigenvalue weighted by atomic mass is 32.2. The monoisotopic (exact) mass is 500 g/mol. The molecule has 0 aliphatic carbocycles. The van der Waals surface area contributed by atoms with Crippen LogP contribution in [0.5, 0.6) is 5.75 Å². The quantitative estimate of drug-likeness (QED) is 0.491. The molecular weight excluding hydrogens is 475 g/mol. The van der Waals surface area contributed by atoms with E-state index in [0.29, 0.717) is 6.54 Å². The molecule has 1 atom stereocenters. The number of pyridine rings is 2. The first-order chi connectivity index (χ1) is 16.4. The second-order valence-corrected chi connectivity index (χ2v) is 10.9. The third-order valence-electron chi connectivity index (χ3n) is 5.98. The molecule has 35 heavy (non-hydrogen) atoms. The van der Waals surface area contributed by atoms with Crippen LogP contribution in [0.1, 0.15) is 37.6 Å². The molecule has 1 aliphatic heterocycles. The molecule has 184 valence electrons. The number of sulfonamides is 1. The molecule has 4 rings (SSSR count). The molecular formula is C24H25FN4O5S. The first kappa shape index (κ1) is 24.4. The van der Waals surface area contributed by atoms with Gasteiger partial charge in [0.25, 0.3) is 21.5 Å². The number of nitrogens with one attached hydrogen (secondary N) is 2. The van der Waals surface area contributed by atoms with E-state index in [0.717, 1.165) is 24.6 Å². The van der Waals surface area contributed by atoms with E-state index in [-0.39, 0.29) is 34.3 Å². The van der Waals surface area contributed by atoms with E-state index in [1.165, 1.54) is 30.5 Å². The smallest absolute Gasteiger partial charge is 0.269 e. The summed E-state index contributed by atoms with van der Waals surface area (Å²) in [5.74, 6) is -1.28. The van der Waals surface area contributed by atoms with Gasteiger partial charge in [-0.05, 0) is 68.7 Å². The van der Waals surface area contributed by atoms with Crippen LogP contribution >= 0.6 is 0 Å². The lowest BCUT2D eigenvalue weighted by molar-refractivity contribution is 0.0981. The van der Waals surface area contributed by atoms with Gasteiger partial charge in [0.2, 0.25) is 0 Å². The lowest BCUT2D eigenvalue weighted by Crippen LogP contribution is -2.41. The molecule has 0 spiro atoms. The minimum atomic E-state index is -4.47. The number of hydrogen-bond acceptors (Lipinski definition) is 7. The molecule has 1 saturated heterocycles. The van der Waals surface area contributed by atoms with Crippen molar-refractivity contribution in [3.8, 4) is 17.0 Å². The molecule has 3 N–H and O–H groups in total. The summed E-state index contributed by atoms with van der Waals surface area (Å²) in [7, 11) is -4.47. The van der Waals surface area contributed by atoms with Crippen LogP contribution in [0.3, 0.4) is 0 Å². The molecule has 0 saturated carbocycles. The molecule has 1 aromatic carbocycles. The molecule has 1 aliphatic rings. The number of aromatic hydroxyl groups is 1. The minimum Gasteiger partial charge on any atom is -0.507 e. The largest absolute Gasteiger partial charge is 0.507 e. The molecule has 1 amide bonds. The molecule has 0 bridgehead atoms. The zero-order valence-electron chi connectivity index (χ0n) is 19.4. The van der Waals surface area contributed by atoms with Crippen LogP contribution < -0.4 is 15.2 Å². The number of aromatic amines is 1. The van der Waals surface area contributed by atoms with Crippen molar-refractivity contribution in [1.29, 1.82) is 0 Å². The Bertz CT molecular complexity index is 1470. The number of phenolic OH excluding ortho intramolecular Hbond substituents is 1. The van der Waals surface area contributed by atoms with E-state index in [9.17, 15) is 27.5 Å². The predicted octanol–water partition coefficient (Wildman–Crippen LogP) is 3.03. The fourth-order valence-electron chi connectivity index (χ4n) is 4.50. The van der Waals surface area contributed by atoms with E-state index in [1.54, 1.807) is 0 Å². The number of amides is 1. The maximum atomic E-state index is 13.9. The SMILES string of the molecule is C[C@@H]1CN(c2nc(-c3cc(F)ccc3O)ccc2C(=O)NS(=O)(=O)c2ccc[nH]c2=O)C(C)(C)C1. The Morgan fingerprint density at radius 2 is 2.00 bits per heavy atom. The highest BCUT2D eigenvalue weighted by molar-refractivity contribution is 7.90. The molecule has 3 aromatic rings. The third-order valence-corrected chi connectivity index (χ3v) is 7.34. The van der Waals surface area contributed by atoms with Crippen molar-refractivity contribution in [3.63, 3.8) is 0 Å². The maximum Gasteiger partial charge on any atom is 0.269 e. The average molecular weight is 501 g/mol. The lowest BCUT2D eigenvalue weighted by atomic mass is 9.97. The van der Waals surface area contributed by atoms with Crippen molar-refractivity contribution in [1.82, 2.24) is 14.7 Å². The summed E-state index contributed by atoms with van der Waals surface area (Å²) in [6, 6.07) is 8.66. The minimum absolute atomic E-state index is 0.0391. The lowest BCUT2D eigenvalue weighted by Gasteiger charge is -2.34. The van der Waals surface area contributed by atoms with Crippen LogP contribution in [0.15, 0.2) is 58.4 Å². The number of anilines is 1. The molecule has 0 unspecified atom stereocenters. The van der Waals surface area contributed by atoms with Crippen molar-refractivity contribution in [2.75, 3.05) is 11.4 Å². The van der Waals surface area contributed by atoms with Gasteiger partial charge in [-0.1, -0.05) is 6.92 Å². The summed E-state index contributed by atoms with van der Waals surface area (Å²) in [6.45, 7) is 6.55. The first-order valence-corrected chi connectivity index (χ1v) is 12.4.